The van der Waals surface area contributed by atoms with Crippen LogP contribution in [0.4, 0.5) is 0 Å². The third-order valence-corrected chi connectivity index (χ3v) is 2.88. The molecule has 0 aliphatic carbocycles. The number of hydrogen-bond donors (Lipinski definition) is 0. The van der Waals surface area contributed by atoms with Gasteiger partial charge in [-0.2, -0.15) is 4.21 Å². The van der Waals surface area contributed by atoms with E-state index in [1.807, 2.05) is 37.3 Å². The van der Waals surface area contributed by atoms with Gasteiger partial charge in [-0.05, 0) is 12.5 Å². The second-order valence-electron chi connectivity index (χ2n) is 3.15. The fraction of sp³-hybridized carbons (Fsp3) is 0.333. The zero-order valence-electron chi connectivity index (χ0n) is 7.23. The molecule has 1 fully saturated rings. The normalized spacial score (nSPS) is 33.5. The molecule has 1 saturated heterocycles. The highest BCUT2D eigenvalue weighted by atomic mass is 32.2. The van der Waals surface area contributed by atoms with E-state index in [4.69, 9.17) is 8.37 Å². The fourth-order valence-corrected chi connectivity index (χ4v) is 2.09. The Morgan fingerprint density at radius 1 is 1.38 bits per heavy atom. The minimum atomic E-state index is -1.59. The van der Waals surface area contributed by atoms with Gasteiger partial charge in [-0.15, -0.1) is 0 Å². The first-order valence-corrected chi connectivity index (χ1v) is 5.01. The standard InChI is InChI=1S/C9H10O3S/c1-9(7-11-13(10)12-9)8-5-3-2-4-6-8/h2-6H,7H2,1H3/t9-,13?/m1/s1. The van der Waals surface area contributed by atoms with E-state index in [0.29, 0.717) is 6.61 Å². The molecule has 0 saturated carbocycles. The molecular weight excluding hydrogens is 188 g/mol. The predicted octanol–water partition coefficient (Wildman–Crippen LogP) is 1.53. The van der Waals surface area contributed by atoms with Crippen LogP contribution in [0.1, 0.15) is 12.5 Å². The largest absolute Gasteiger partial charge is 0.305 e. The smallest absolute Gasteiger partial charge is 0.265 e. The summed E-state index contributed by atoms with van der Waals surface area (Å²) in [7, 11) is 0. The Balaban J connectivity index is 2.31. The molecule has 0 N–H and O–H groups in total. The zero-order valence-corrected chi connectivity index (χ0v) is 8.04. The molecule has 0 amide bonds. The Morgan fingerprint density at radius 2 is 2.08 bits per heavy atom. The molecule has 0 bridgehead atoms. The van der Waals surface area contributed by atoms with Crippen molar-refractivity contribution in [1.82, 2.24) is 0 Å². The lowest BCUT2D eigenvalue weighted by molar-refractivity contribution is 0.119. The topological polar surface area (TPSA) is 35.5 Å². The number of hydrogen-bond acceptors (Lipinski definition) is 3. The van der Waals surface area contributed by atoms with Crippen molar-refractivity contribution in [3.63, 3.8) is 0 Å². The van der Waals surface area contributed by atoms with Gasteiger partial charge in [0.2, 0.25) is 0 Å². The van der Waals surface area contributed by atoms with Crippen molar-refractivity contribution in [2.24, 2.45) is 0 Å². The van der Waals surface area contributed by atoms with Crippen LogP contribution in [0.3, 0.4) is 0 Å². The van der Waals surface area contributed by atoms with Gasteiger partial charge >= 0.3 is 11.4 Å². The van der Waals surface area contributed by atoms with Gasteiger partial charge in [-0.25, -0.2) is 0 Å². The van der Waals surface area contributed by atoms with Crippen molar-refractivity contribution < 1.29 is 12.6 Å². The molecule has 0 spiro atoms. The van der Waals surface area contributed by atoms with E-state index in [0.717, 1.165) is 5.56 Å². The van der Waals surface area contributed by atoms with E-state index in [9.17, 15) is 4.21 Å². The highest BCUT2D eigenvalue weighted by Gasteiger charge is 2.37. The van der Waals surface area contributed by atoms with Crippen molar-refractivity contribution in [3.8, 4) is 0 Å². The molecule has 0 radical (unpaired) electrons. The molecule has 1 heterocycles. The molecule has 1 aromatic rings. The summed E-state index contributed by atoms with van der Waals surface area (Å²) in [6.07, 6.45) is 0. The van der Waals surface area contributed by atoms with Crippen LogP contribution in [-0.4, -0.2) is 10.8 Å². The highest BCUT2D eigenvalue weighted by molar-refractivity contribution is 7.75. The SMILES string of the molecule is C[C@]1(c2ccccc2)COS(=O)O1. The van der Waals surface area contributed by atoms with Gasteiger partial charge in [0.25, 0.3) is 0 Å². The molecule has 13 heavy (non-hydrogen) atoms. The highest BCUT2D eigenvalue weighted by Crippen LogP contribution is 2.31. The van der Waals surface area contributed by atoms with E-state index in [-0.39, 0.29) is 0 Å². The Kier molecular flexibility index (Phi) is 2.19. The van der Waals surface area contributed by atoms with Crippen molar-refractivity contribution in [1.29, 1.82) is 0 Å². The van der Waals surface area contributed by atoms with E-state index >= 15 is 0 Å². The van der Waals surface area contributed by atoms with Crippen molar-refractivity contribution in [2.75, 3.05) is 6.61 Å². The maximum Gasteiger partial charge on any atom is 0.305 e. The van der Waals surface area contributed by atoms with Gasteiger partial charge in [-0.1, -0.05) is 30.3 Å². The predicted molar refractivity (Wildman–Crippen MR) is 49.0 cm³/mol. The molecule has 1 aromatic carbocycles. The minimum Gasteiger partial charge on any atom is -0.265 e. The molecule has 1 aliphatic heterocycles. The summed E-state index contributed by atoms with van der Waals surface area (Å²) in [5, 5.41) is 0. The molecular formula is C9H10O3S. The molecule has 2 atom stereocenters. The van der Waals surface area contributed by atoms with Crippen LogP contribution in [0.15, 0.2) is 30.3 Å². The Morgan fingerprint density at radius 3 is 2.62 bits per heavy atom. The summed E-state index contributed by atoms with van der Waals surface area (Å²) >= 11 is -1.59. The fourth-order valence-electron chi connectivity index (χ4n) is 1.28. The summed E-state index contributed by atoms with van der Waals surface area (Å²) in [5.74, 6) is 0. The van der Waals surface area contributed by atoms with Gasteiger partial charge in [-0.3, -0.25) is 8.37 Å². The quantitative estimate of drug-likeness (QED) is 0.686. The average molecular weight is 198 g/mol. The summed E-state index contributed by atoms with van der Waals surface area (Å²) < 4.78 is 21.0. The number of benzene rings is 1. The first-order chi connectivity index (χ1) is 6.21. The molecule has 70 valence electrons. The van der Waals surface area contributed by atoms with Crippen LogP contribution >= 0.6 is 0 Å². The van der Waals surface area contributed by atoms with Crippen LogP contribution < -0.4 is 0 Å². The molecule has 3 nitrogen and oxygen atoms in total. The van der Waals surface area contributed by atoms with E-state index in [2.05, 4.69) is 0 Å². The lowest BCUT2D eigenvalue weighted by atomic mass is 9.97. The van der Waals surface area contributed by atoms with Crippen molar-refractivity contribution in [3.05, 3.63) is 35.9 Å². The Labute approximate surface area is 79.5 Å². The van der Waals surface area contributed by atoms with Gasteiger partial charge in [0.1, 0.15) is 12.2 Å². The zero-order chi connectivity index (χ0) is 9.31. The van der Waals surface area contributed by atoms with Gasteiger partial charge in [0, 0.05) is 0 Å². The summed E-state index contributed by atoms with van der Waals surface area (Å²) in [6.45, 7) is 2.21. The van der Waals surface area contributed by atoms with E-state index in [1.54, 1.807) is 0 Å². The van der Waals surface area contributed by atoms with Gasteiger partial charge < -0.3 is 0 Å². The third-order valence-electron chi connectivity index (χ3n) is 2.07. The molecule has 2 rings (SSSR count). The van der Waals surface area contributed by atoms with Crippen LogP contribution in [-0.2, 0) is 25.3 Å². The summed E-state index contributed by atoms with van der Waals surface area (Å²) in [6, 6.07) is 9.65. The van der Waals surface area contributed by atoms with Crippen molar-refractivity contribution >= 4 is 11.4 Å². The van der Waals surface area contributed by atoms with Crippen LogP contribution in [0.25, 0.3) is 0 Å². The second kappa shape index (κ2) is 3.21. The Bertz CT molecular complexity index is 325. The maximum atomic E-state index is 10.9. The minimum absolute atomic E-state index is 0.337. The molecule has 4 heteroatoms. The molecule has 0 aromatic heterocycles. The summed E-state index contributed by atoms with van der Waals surface area (Å²) in [4.78, 5) is 0. The van der Waals surface area contributed by atoms with Crippen LogP contribution in [0, 0.1) is 0 Å². The molecule has 1 aliphatic rings. The second-order valence-corrected chi connectivity index (χ2v) is 3.96. The first kappa shape index (κ1) is 8.87. The van der Waals surface area contributed by atoms with E-state index in [1.165, 1.54) is 0 Å². The lowest BCUT2D eigenvalue weighted by Gasteiger charge is -2.18. The average Bonchev–Trinajstić information content (AvgIpc) is 2.49. The lowest BCUT2D eigenvalue weighted by Crippen LogP contribution is -2.23. The first-order valence-electron chi connectivity index (χ1n) is 4.01. The number of rotatable bonds is 1. The molecule has 1 unspecified atom stereocenters. The Hall–Kier alpha value is -0.710. The van der Waals surface area contributed by atoms with E-state index < -0.39 is 17.0 Å². The third kappa shape index (κ3) is 1.65. The van der Waals surface area contributed by atoms with Crippen LogP contribution in [0.2, 0.25) is 0 Å². The van der Waals surface area contributed by atoms with Gasteiger partial charge in [0.15, 0.2) is 0 Å². The maximum absolute atomic E-state index is 10.9. The summed E-state index contributed by atoms with van der Waals surface area (Å²) in [5.41, 5.74) is 0.424. The van der Waals surface area contributed by atoms with Gasteiger partial charge in [0.05, 0.1) is 0 Å². The van der Waals surface area contributed by atoms with Crippen molar-refractivity contribution in [2.45, 2.75) is 12.5 Å². The van der Waals surface area contributed by atoms with Crippen LogP contribution in [0.5, 0.6) is 0 Å². The monoisotopic (exact) mass is 198 g/mol.